The van der Waals surface area contributed by atoms with Crippen molar-refractivity contribution in [3.8, 4) is 0 Å². The molecule has 3 rings (SSSR count). The number of nitrogens with zero attached hydrogens (tertiary/aromatic N) is 3. The topological polar surface area (TPSA) is 56.2 Å². The third kappa shape index (κ3) is 1.28. The zero-order valence-electron chi connectivity index (χ0n) is 8.56. The van der Waals surface area contributed by atoms with E-state index >= 15 is 0 Å². The van der Waals surface area contributed by atoms with E-state index in [2.05, 4.69) is 10.1 Å². The lowest BCUT2D eigenvalue weighted by Crippen LogP contribution is -1.97. The second-order valence-electron chi connectivity index (χ2n) is 4.17. The van der Waals surface area contributed by atoms with E-state index < -0.39 is 0 Å². The Morgan fingerprint density at radius 3 is 2.87 bits per heavy atom. The predicted octanol–water partition coefficient (Wildman–Crippen LogP) is 1.97. The maximum Gasteiger partial charge on any atom is 0.178 e. The Kier molecular flexibility index (Phi) is 1.87. The molecule has 2 N–H and O–H groups in total. The molecule has 2 aromatic rings. The molecule has 0 unspecified atom stereocenters. The monoisotopic (exact) mass is 202 g/mol. The van der Waals surface area contributed by atoms with Crippen LogP contribution in [0.4, 0.5) is 5.69 Å². The van der Waals surface area contributed by atoms with Gasteiger partial charge in [-0.3, -0.25) is 0 Å². The Labute approximate surface area is 88.1 Å². The molecule has 0 aliphatic heterocycles. The first-order valence-electron chi connectivity index (χ1n) is 5.45. The summed E-state index contributed by atoms with van der Waals surface area (Å²) in [5.41, 5.74) is 8.68. The molecule has 0 amide bonds. The van der Waals surface area contributed by atoms with E-state index in [-0.39, 0.29) is 0 Å². The fraction of sp³-hybridized carbons (Fsp3) is 0.455. The van der Waals surface area contributed by atoms with Gasteiger partial charge in [0.05, 0.1) is 5.69 Å². The van der Waals surface area contributed by atoms with Crippen LogP contribution in [-0.2, 0) is 0 Å². The van der Waals surface area contributed by atoms with Crippen LogP contribution >= 0.6 is 0 Å². The van der Waals surface area contributed by atoms with Crippen molar-refractivity contribution in [3.05, 3.63) is 24.2 Å². The molecule has 0 saturated heterocycles. The number of fused-ring (bicyclic) bond motifs is 1. The Hall–Kier alpha value is -1.58. The number of nitrogen functional groups attached to an aromatic ring is 1. The fourth-order valence-electron chi connectivity index (χ4n) is 2.42. The van der Waals surface area contributed by atoms with E-state index in [0.29, 0.717) is 5.92 Å². The fourth-order valence-corrected chi connectivity index (χ4v) is 2.42. The number of aromatic nitrogens is 3. The van der Waals surface area contributed by atoms with Gasteiger partial charge in [0, 0.05) is 18.3 Å². The molecule has 0 spiro atoms. The highest BCUT2D eigenvalue weighted by Gasteiger charge is 2.23. The molecule has 1 aliphatic carbocycles. The van der Waals surface area contributed by atoms with E-state index in [4.69, 9.17) is 5.73 Å². The molecule has 4 nitrogen and oxygen atoms in total. The Morgan fingerprint density at radius 1 is 1.33 bits per heavy atom. The minimum absolute atomic E-state index is 0.548. The van der Waals surface area contributed by atoms with Crippen LogP contribution in [0.25, 0.3) is 5.65 Å². The number of hydrogen-bond donors (Lipinski definition) is 1. The van der Waals surface area contributed by atoms with Gasteiger partial charge in [0.1, 0.15) is 5.69 Å². The molecule has 15 heavy (non-hydrogen) atoms. The van der Waals surface area contributed by atoms with E-state index in [9.17, 15) is 0 Å². The number of rotatable bonds is 1. The highest BCUT2D eigenvalue weighted by Crippen LogP contribution is 2.36. The quantitative estimate of drug-likeness (QED) is 0.769. The maximum absolute atomic E-state index is 6.07. The molecule has 1 saturated carbocycles. The second kappa shape index (κ2) is 3.22. The largest absolute Gasteiger partial charge is 0.394 e. The van der Waals surface area contributed by atoms with Crippen molar-refractivity contribution in [2.24, 2.45) is 0 Å². The van der Waals surface area contributed by atoms with Crippen molar-refractivity contribution >= 4 is 11.3 Å². The second-order valence-corrected chi connectivity index (χ2v) is 4.17. The van der Waals surface area contributed by atoms with Crippen LogP contribution in [0, 0.1) is 0 Å². The van der Waals surface area contributed by atoms with E-state index in [1.165, 1.54) is 25.7 Å². The molecule has 0 aromatic carbocycles. The molecular weight excluding hydrogens is 188 g/mol. The van der Waals surface area contributed by atoms with Gasteiger partial charge >= 0.3 is 0 Å². The van der Waals surface area contributed by atoms with Crippen molar-refractivity contribution in [2.75, 3.05) is 5.73 Å². The van der Waals surface area contributed by atoms with Gasteiger partial charge in [0.2, 0.25) is 0 Å². The van der Waals surface area contributed by atoms with Crippen molar-refractivity contribution in [3.63, 3.8) is 0 Å². The minimum Gasteiger partial charge on any atom is -0.394 e. The first-order chi connectivity index (χ1) is 7.36. The lowest BCUT2D eigenvalue weighted by atomic mass is 10.0. The van der Waals surface area contributed by atoms with Crippen molar-refractivity contribution in [2.45, 2.75) is 31.6 Å². The lowest BCUT2D eigenvalue weighted by molar-refractivity contribution is 0.686. The maximum atomic E-state index is 6.07. The van der Waals surface area contributed by atoms with Crippen LogP contribution in [0.15, 0.2) is 18.5 Å². The zero-order chi connectivity index (χ0) is 10.3. The van der Waals surface area contributed by atoms with Crippen LogP contribution in [0.2, 0.25) is 0 Å². The van der Waals surface area contributed by atoms with Crippen LogP contribution in [-0.4, -0.2) is 14.6 Å². The number of nitrogens with two attached hydrogens (primary N) is 1. The molecule has 0 bridgehead atoms. The Balaban J connectivity index is 2.14. The lowest BCUT2D eigenvalue weighted by Gasteiger charge is -2.04. The summed E-state index contributed by atoms with van der Waals surface area (Å²) < 4.78 is 1.78. The first kappa shape index (κ1) is 8.71. The van der Waals surface area contributed by atoms with Gasteiger partial charge in [-0.2, -0.15) is 5.10 Å². The first-order valence-corrected chi connectivity index (χ1v) is 5.45. The van der Waals surface area contributed by atoms with Gasteiger partial charge in [-0.1, -0.05) is 12.8 Å². The van der Waals surface area contributed by atoms with Gasteiger partial charge in [0.15, 0.2) is 5.65 Å². The Bertz CT molecular complexity index is 482. The van der Waals surface area contributed by atoms with E-state index in [1.807, 2.05) is 12.3 Å². The molecule has 2 heterocycles. The molecule has 2 aromatic heterocycles. The van der Waals surface area contributed by atoms with Crippen LogP contribution < -0.4 is 5.73 Å². The van der Waals surface area contributed by atoms with Crippen molar-refractivity contribution < 1.29 is 0 Å². The highest BCUT2D eigenvalue weighted by atomic mass is 15.3. The zero-order valence-corrected chi connectivity index (χ0v) is 8.56. The van der Waals surface area contributed by atoms with Gasteiger partial charge in [0.25, 0.3) is 0 Å². The van der Waals surface area contributed by atoms with E-state index in [0.717, 1.165) is 17.0 Å². The molecule has 4 heteroatoms. The van der Waals surface area contributed by atoms with Crippen LogP contribution in [0.3, 0.4) is 0 Å². The van der Waals surface area contributed by atoms with Crippen molar-refractivity contribution in [1.82, 2.24) is 14.6 Å². The standard InChI is InChI=1S/C11H14N4/c12-9-10(8-4-1-2-5-8)14-15-7-3-6-13-11(9)15/h3,6-8H,1-2,4-5,12H2. The minimum atomic E-state index is 0.548. The van der Waals surface area contributed by atoms with Gasteiger partial charge in [-0.05, 0) is 18.9 Å². The van der Waals surface area contributed by atoms with Crippen LogP contribution in [0.5, 0.6) is 0 Å². The summed E-state index contributed by atoms with van der Waals surface area (Å²) >= 11 is 0. The molecule has 78 valence electrons. The molecule has 1 fully saturated rings. The highest BCUT2D eigenvalue weighted by molar-refractivity contribution is 5.67. The molecule has 0 atom stereocenters. The van der Waals surface area contributed by atoms with Crippen molar-refractivity contribution in [1.29, 1.82) is 0 Å². The summed E-state index contributed by atoms with van der Waals surface area (Å²) in [5.74, 6) is 0.548. The molecule has 0 radical (unpaired) electrons. The van der Waals surface area contributed by atoms with Gasteiger partial charge in [-0.15, -0.1) is 0 Å². The number of anilines is 1. The SMILES string of the molecule is Nc1c(C2CCCC2)nn2cccnc12. The summed E-state index contributed by atoms with van der Waals surface area (Å²) in [7, 11) is 0. The third-order valence-corrected chi connectivity index (χ3v) is 3.20. The molecule has 1 aliphatic rings. The smallest absolute Gasteiger partial charge is 0.178 e. The summed E-state index contributed by atoms with van der Waals surface area (Å²) in [6.07, 6.45) is 8.68. The average molecular weight is 202 g/mol. The van der Waals surface area contributed by atoms with Gasteiger partial charge in [-0.25, -0.2) is 9.50 Å². The van der Waals surface area contributed by atoms with E-state index in [1.54, 1.807) is 10.7 Å². The summed E-state index contributed by atoms with van der Waals surface area (Å²) in [5, 5.41) is 4.52. The molecular formula is C11H14N4. The average Bonchev–Trinajstić information content (AvgIpc) is 2.87. The van der Waals surface area contributed by atoms with Crippen LogP contribution in [0.1, 0.15) is 37.3 Å². The summed E-state index contributed by atoms with van der Waals surface area (Å²) in [6, 6.07) is 1.87. The number of hydrogen-bond acceptors (Lipinski definition) is 3. The summed E-state index contributed by atoms with van der Waals surface area (Å²) in [6.45, 7) is 0. The van der Waals surface area contributed by atoms with Gasteiger partial charge < -0.3 is 5.73 Å². The third-order valence-electron chi connectivity index (χ3n) is 3.20. The normalized spacial score (nSPS) is 17.6. The Morgan fingerprint density at radius 2 is 2.13 bits per heavy atom. The summed E-state index contributed by atoms with van der Waals surface area (Å²) in [4.78, 5) is 4.25. The predicted molar refractivity (Wildman–Crippen MR) is 58.6 cm³/mol.